The van der Waals surface area contributed by atoms with Crippen LogP contribution in [0.4, 0.5) is 13.2 Å². The van der Waals surface area contributed by atoms with Crippen LogP contribution < -0.4 is 5.73 Å². The van der Waals surface area contributed by atoms with E-state index in [-0.39, 0.29) is 16.2 Å². The number of hydrogen-bond acceptors (Lipinski definition) is 5. The van der Waals surface area contributed by atoms with Gasteiger partial charge in [0, 0.05) is 12.2 Å². The minimum atomic E-state index is -5.08. The summed E-state index contributed by atoms with van der Waals surface area (Å²) in [5, 5.41) is 16.4. The number of carboxylic acids is 2. The summed E-state index contributed by atoms with van der Waals surface area (Å²) < 4.78 is 58.2. The first-order valence-corrected chi connectivity index (χ1v) is 9.50. The van der Waals surface area contributed by atoms with Crippen molar-refractivity contribution < 1.29 is 41.4 Å². The van der Waals surface area contributed by atoms with Crippen molar-refractivity contribution in [2.24, 2.45) is 5.73 Å². The van der Waals surface area contributed by atoms with Crippen molar-refractivity contribution in [2.75, 3.05) is 0 Å². The number of aromatic carboxylic acids is 1. The molecule has 29 heavy (non-hydrogen) atoms. The second-order valence-electron chi connectivity index (χ2n) is 5.85. The lowest BCUT2D eigenvalue weighted by molar-refractivity contribution is -0.192. The Kier molecular flexibility index (Phi) is 7.58. The van der Waals surface area contributed by atoms with Crippen molar-refractivity contribution >= 4 is 22.0 Å². The smallest absolute Gasteiger partial charge is 0.478 e. The number of carbonyl (C=O) groups is 2. The molecule has 0 bridgehead atoms. The molecule has 8 nitrogen and oxygen atoms in total. The fraction of sp³-hybridized carbons (Fsp3) is 0.294. The van der Waals surface area contributed by atoms with Gasteiger partial charge in [-0.3, -0.25) is 0 Å². The van der Waals surface area contributed by atoms with Crippen molar-refractivity contribution in [3.63, 3.8) is 0 Å². The van der Waals surface area contributed by atoms with Crippen LogP contribution in [0.15, 0.2) is 41.4 Å². The molecule has 0 radical (unpaired) electrons. The highest BCUT2D eigenvalue weighted by Gasteiger charge is 2.38. The molecule has 0 amide bonds. The first kappa shape index (κ1) is 24.2. The maximum atomic E-state index is 12.7. The third-order valence-corrected chi connectivity index (χ3v) is 5.44. The van der Waals surface area contributed by atoms with Crippen molar-refractivity contribution in [1.29, 1.82) is 0 Å². The molecule has 0 saturated heterocycles. The van der Waals surface area contributed by atoms with Gasteiger partial charge in [-0.05, 0) is 31.5 Å². The number of nitrogens with zero attached hydrogens (tertiary/aromatic N) is 1. The number of alkyl halides is 3. The molecule has 1 heterocycles. The van der Waals surface area contributed by atoms with E-state index in [1.807, 2.05) is 6.92 Å². The highest BCUT2D eigenvalue weighted by atomic mass is 32.2. The zero-order chi connectivity index (χ0) is 22.6. The van der Waals surface area contributed by atoms with Gasteiger partial charge in [-0.25, -0.2) is 22.0 Å². The Hall–Kier alpha value is -2.86. The summed E-state index contributed by atoms with van der Waals surface area (Å²) >= 11 is 0. The molecule has 0 aliphatic carbocycles. The first-order valence-electron chi connectivity index (χ1n) is 8.05. The molecule has 160 valence electrons. The topological polar surface area (TPSA) is 140 Å². The molecular weight excluding hydrogens is 417 g/mol. The maximum absolute atomic E-state index is 12.7. The van der Waals surface area contributed by atoms with Gasteiger partial charge in [-0.15, -0.1) is 0 Å². The molecule has 4 N–H and O–H groups in total. The molecule has 0 aliphatic heterocycles. The lowest BCUT2D eigenvalue weighted by Crippen LogP contribution is -2.22. The van der Waals surface area contributed by atoms with Crippen LogP contribution in [-0.4, -0.2) is 40.7 Å². The highest BCUT2D eigenvalue weighted by Crippen LogP contribution is 2.25. The van der Waals surface area contributed by atoms with Crippen molar-refractivity contribution in [3.05, 3.63) is 53.3 Å². The molecule has 0 aliphatic rings. The summed E-state index contributed by atoms with van der Waals surface area (Å²) in [4.78, 5) is 20.3. The fourth-order valence-corrected chi connectivity index (χ4v) is 3.62. The Morgan fingerprint density at radius 3 is 2.00 bits per heavy atom. The van der Waals surface area contributed by atoms with Crippen LogP contribution in [0.1, 0.15) is 41.0 Å². The maximum Gasteiger partial charge on any atom is 0.490 e. The van der Waals surface area contributed by atoms with Crippen LogP contribution in [0.2, 0.25) is 0 Å². The molecular formula is C17H19F3N2O6S. The summed E-state index contributed by atoms with van der Waals surface area (Å²) in [5.74, 6) is -3.95. The lowest BCUT2D eigenvalue weighted by Gasteiger charge is -2.16. The third-order valence-electron chi connectivity index (χ3n) is 3.73. The quantitative estimate of drug-likeness (QED) is 0.655. The van der Waals surface area contributed by atoms with E-state index in [0.717, 1.165) is 9.54 Å². The molecule has 0 unspecified atom stereocenters. The van der Waals surface area contributed by atoms with E-state index in [2.05, 4.69) is 0 Å². The summed E-state index contributed by atoms with van der Waals surface area (Å²) in [6, 6.07) is 6.95. The SMILES string of the molecule is CC[C@@H](N)c1c(C(=O)O)ccn1S(=O)(=O)c1ccc(C)cc1.O=C(O)C(F)(F)F. The summed E-state index contributed by atoms with van der Waals surface area (Å²) in [5.41, 5.74) is 6.86. The zero-order valence-electron chi connectivity index (χ0n) is 15.3. The van der Waals surface area contributed by atoms with E-state index in [0.29, 0.717) is 6.42 Å². The van der Waals surface area contributed by atoms with Crippen LogP contribution in [0, 0.1) is 6.92 Å². The van der Waals surface area contributed by atoms with Gasteiger partial charge < -0.3 is 15.9 Å². The molecule has 2 aromatic rings. The average molecular weight is 436 g/mol. The summed E-state index contributed by atoms with van der Waals surface area (Å²) in [7, 11) is -3.88. The number of nitrogens with two attached hydrogens (primary N) is 1. The van der Waals surface area contributed by atoms with Crippen LogP contribution in [-0.2, 0) is 14.8 Å². The second-order valence-corrected chi connectivity index (χ2v) is 7.67. The molecule has 1 atom stereocenters. The Morgan fingerprint density at radius 2 is 1.62 bits per heavy atom. The Bertz CT molecular complexity index is 982. The molecule has 1 aromatic heterocycles. The van der Waals surface area contributed by atoms with Crippen LogP contribution >= 0.6 is 0 Å². The normalized spacial score (nSPS) is 12.6. The number of aryl methyl sites for hydroxylation is 1. The Morgan fingerprint density at radius 1 is 1.14 bits per heavy atom. The van der Waals surface area contributed by atoms with Gasteiger partial charge in [0.1, 0.15) is 0 Å². The van der Waals surface area contributed by atoms with Crippen molar-refractivity contribution in [2.45, 2.75) is 37.4 Å². The molecule has 12 heteroatoms. The number of halogens is 3. The second kappa shape index (κ2) is 9.09. The number of aliphatic carboxylic acids is 1. The molecule has 0 spiro atoms. The highest BCUT2D eigenvalue weighted by molar-refractivity contribution is 7.90. The predicted octanol–water partition coefficient (Wildman–Crippen LogP) is 2.77. The van der Waals surface area contributed by atoms with Crippen LogP contribution in [0.25, 0.3) is 0 Å². The van der Waals surface area contributed by atoms with E-state index >= 15 is 0 Å². The van der Waals surface area contributed by atoms with E-state index in [1.165, 1.54) is 24.4 Å². The molecule has 1 aromatic carbocycles. The number of hydrogen-bond donors (Lipinski definition) is 3. The van der Waals surface area contributed by atoms with E-state index < -0.39 is 34.2 Å². The monoisotopic (exact) mass is 436 g/mol. The number of carboxylic acid groups (broad SMARTS) is 2. The minimum Gasteiger partial charge on any atom is -0.478 e. The van der Waals surface area contributed by atoms with Crippen LogP contribution in [0.3, 0.4) is 0 Å². The molecule has 0 saturated carbocycles. The number of benzene rings is 1. The van der Waals surface area contributed by atoms with Crippen molar-refractivity contribution in [3.8, 4) is 0 Å². The molecule has 2 rings (SSSR count). The Labute approximate surface area is 164 Å². The summed E-state index contributed by atoms with van der Waals surface area (Å²) in [6.45, 7) is 3.62. The van der Waals surface area contributed by atoms with Gasteiger partial charge in [0.15, 0.2) is 0 Å². The van der Waals surface area contributed by atoms with E-state index in [1.54, 1.807) is 19.1 Å². The van der Waals surface area contributed by atoms with Gasteiger partial charge in [-0.2, -0.15) is 13.2 Å². The molecule has 0 fully saturated rings. The largest absolute Gasteiger partial charge is 0.490 e. The van der Waals surface area contributed by atoms with Gasteiger partial charge in [0.25, 0.3) is 10.0 Å². The minimum absolute atomic E-state index is 0.0926. The average Bonchev–Trinajstić information content (AvgIpc) is 3.07. The number of aromatic nitrogens is 1. The lowest BCUT2D eigenvalue weighted by atomic mass is 10.1. The van der Waals surface area contributed by atoms with E-state index in [9.17, 15) is 31.5 Å². The van der Waals surface area contributed by atoms with Gasteiger partial charge in [0.2, 0.25) is 0 Å². The summed E-state index contributed by atoms with van der Waals surface area (Å²) in [6.07, 6.45) is -3.42. The Balaban J connectivity index is 0.000000516. The van der Waals surface area contributed by atoms with E-state index in [4.69, 9.17) is 15.6 Å². The zero-order valence-corrected chi connectivity index (χ0v) is 16.2. The third kappa shape index (κ3) is 5.81. The van der Waals surface area contributed by atoms with Crippen LogP contribution in [0.5, 0.6) is 0 Å². The predicted molar refractivity (Wildman–Crippen MR) is 96.1 cm³/mol. The standard InChI is InChI=1S/C15H18N2O4S.C2HF3O2/c1-3-13(16)14-12(15(18)19)8-9-17(14)22(20,21)11-6-4-10(2)5-7-11;3-2(4,5)1(6)7/h4-9,13H,3,16H2,1-2H3,(H,18,19);(H,6,7)/t13-;/m1./s1. The number of rotatable bonds is 5. The van der Waals surface area contributed by atoms with Crippen molar-refractivity contribution in [1.82, 2.24) is 3.97 Å². The van der Waals surface area contributed by atoms with Gasteiger partial charge in [-0.1, -0.05) is 24.6 Å². The first-order chi connectivity index (χ1) is 13.2. The van der Waals surface area contributed by atoms with Gasteiger partial charge in [0.05, 0.1) is 16.2 Å². The fourth-order valence-electron chi connectivity index (χ4n) is 2.20. The van der Waals surface area contributed by atoms with Gasteiger partial charge >= 0.3 is 18.1 Å².